The molecule has 1 aliphatic carbocycles. The van der Waals surface area contributed by atoms with Crippen LogP contribution in [-0.4, -0.2) is 37.7 Å². The van der Waals surface area contributed by atoms with Crippen molar-refractivity contribution >= 4 is 5.91 Å². The second-order valence-corrected chi connectivity index (χ2v) is 5.53. The molecule has 2 fully saturated rings. The maximum absolute atomic E-state index is 11.7. The monoisotopic (exact) mass is 254 g/mol. The summed E-state index contributed by atoms with van der Waals surface area (Å²) in [5, 5.41) is 6.40. The van der Waals surface area contributed by atoms with Crippen LogP contribution in [0.25, 0.3) is 0 Å². The zero-order chi connectivity index (χ0) is 12.8. The first-order valence-corrected chi connectivity index (χ1v) is 7.41. The number of hydrogen-bond acceptors (Lipinski definition) is 3. The van der Waals surface area contributed by atoms with Crippen LogP contribution in [-0.2, 0) is 9.53 Å². The second kappa shape index (κ2) is 7.10. The van der Waals surface area contributed by atoms with E-state index < -0.39 is 0 Å². The summed E-state index contributed by atoms with van der Waals surface area (Å²) in [6.45, 7) is 4.85. The number of hydrogen-bond donors (Lipinski definition) is 2. The Hall–Kier alpha value is -0.610. The van der Waals surface area contributed by atoms with Crippen molar-refractivity contribution in [1.82, 2.24) is 10.6 Å². The fourth-order valence-electron chi connectivity index (χ4n) is 2.67. The molecule has 0 spiro atoms. The molecule has 2 aliphatic rings. The van der Waals surface area contributed by atoms with E-state index >= 15 is 0 Å². The highest BCUT2D eigenvalue weighted by atomic mass is 16.5. The van der Waals surface area contributed by atoms with Crippen LogP contribution >= 0.6 is 0 Å². The Morgan fingerprint density at radius 2 is 2.17 bits per heavy atom. The van der Waals surface area contributed by atoms with Crippen LogP contribution in [0.15, 0.2) is 0 Å². The number of carbonyl (C=O) groups excluding carboxylic acids is 1. The molecule has 1 aliphatic heterocycles. The third-order valence-electron chi connectivity index (χ3n) is 3.90. The van der Waals surface area contributed by atoms with Crippen molar-refractivity contribution in [1.29, 1.82) is 0 Å². The molecule has 4 heteroatoms. The van der Waals surface area contributed by atoms with Gasteiger partial charge in [-0.25, -0.2) is 0 Å². The van der Waals surface area contributed by atoms with Gasteiger partial charge in [-0.05, 0) is 44.7 Å². The van der Waals surface area contributed by atoms with Gasteiger partial charge in [-0.15, -0.1) is 0 Å². The van der Waals surface area contributed by atoms with E-state index in [0.29, 0.717) is 25.2 Å². The fourth-order valence-corrected chi connectivity index (χ4v) is 2.67. The molecule has 2 atom stereocenters. The lowest BCUT2D eigenvalue weighted by molar-refractivity contribution is -0.123. The molecule has 0 aromatic heterocycles. The molecule has 0 radical (unpaired) electrons. The minimum atomic E-state index is 0.160. The molecule has 1 saturated carbocycles. The SMILES string of the molecule is CCCC1CC1NC(=O)CCOC1CCNCC1. The van der Waals surface area contributed by atoms with Crippen molar-refractivity contribution in [2.24, 2.45) is 5.92 Å². The first-order valence-electron chi connectivity index (χ1n) is 7.41. The molecule has 2 rings (SSSR count). The molecule has 1 heterocycles. The van der Waals surface area contributed by atoms with Crippen molar-refractivity contribution in [2.45, 2.75) is 57.6 Å². The lowest BCUT2D eigenvalue weighted by atomic mass is 10.1. The Bertz CT molecular complexity index is 265. The molecule has 0 aromatic carbocycles. The maximum Gasteiger partial charge on any atom is 0.222 e. The lowest BCUT2D eigenvalue weighted by Crippen LogP contribution is -2.33. The summed E-state index contributed by atoms with van der Waals surface area (Å²) in [6, 6.07) is 0.455. The van der Waals surface area contributed by atoms with E-state index in [1.54, 1.807) is 0 Å². The highest BCUT2D eigenvalue weighted by Gasteiger charge is 2.36. The van der Waals surface area contributed by atoms with Gasteiger partial charge in [-0.2, -0.15) is 0 Å². The number of rotatable bonds is 7. The topological polar surface area (TPSA) is 50.4 Å². The summed E-state index contributed by atoms with van der Waals surface area (Å²) >= 11 is 0. The zero-order valence-electron chi connectivity index (χ0n) is 11.4. The van der Waals surface area contributed by atoms with Gasteiger partial charge in [-0.1, -0.05) is 13.3 Å². The molecule has 2 N–H and O–H groups in total. The molecule has 1 saturated heterocycles. The zero-order valence-corrected chi connectivity index (χ0v) is 11.4. The van der Waals surface area contributed by atoms with Gasteiger partial charge in [0.15, 0.2) is 0 Å². The fraction of sp³-hybridized carbons (Fsp3) is 0.929. The maximum atomic E-state index is 11.7. The van der Waals surface area contributed by atoms with Crippen molar-refractivity contribution in [3.8, 4) is 0 Å². The first kappa shape index (κ1) is 13.8. The molecular formula is C14H26N2O2. The Labute approximate surface area is 110 Å². The standard InChI is InChI=1S/C14H26N2O2/c1-2-3-11-10-13(11)16-14(17)6-9-18-12-4-7-15-8-5-12/h11-13,15H,2-10H2,1H3,(H,16,17). The predicted octanol–water partition coefficient (Wildman–Crippen LogP) is 1.45. The van der Waals surface area contributed by atoms with Gasteiger partial charge in [0.25, 0.3) is 0 Å². The number of nitrogens with one attached hydrogen (secondary N) is 2. The Balaban J connectivity index is 1.50. The molecule has 4 nitrogen and oxygen atoms in total. The molecule has 0 bridgehead atoms. The van der Waals surface area contributed by atoms with Gasteiger partial charge in [0, 0.05) is 12.5 Å². The minimum absolute atomic E-state index is 0.160. The smallest absolute Gasteiger partial charge is 0.222 e. The second-order valence-electron chi connectivity index (χ2n) is 5.53. The quantitative estimate of drug-likeness (QED) is 0.723. The van der Waals surface area contributed by atoms with Crippen LogP contribution in [0.2, 0.25) is 0 Å². The third kappa shape index (κ3) is 4.58. The van der Waals surface area contributed by atoms with E-state index in [1.807, 2.05) is 0 Å². The van der Waals surface area contributed by atoms with Crippen molar-refractivity contribution < 1.29 is 9.53 Å². The van der Waals surface area contributed by atoms with Gasteiger partial charge >= 0.3 is 0 Å². The average Bonchev–Trinajstić information content (AvgIpc) is 3.09. The summed E-state index contributed by atoms with van der Waals surface area (Å²) in [6.07, 6.45) is 6.65. The first-order chi connectivity index (χ1) is 8.79. The summed E-state index contributed by atoms with van der Waals surface area (Å²) in [5.74, 6) is 0.900. The summed E-state index contributed by atoms with van der Waals surface area (Å²) in [4.78, 5) is 11.7. The number of piperidine rings is 1. The minimum Gasteiger partial charge on any atom is -0.378 e. The number of amides is 1. The third-order valence-corrected chi connectivity index (χ3v) is 3.90. The largest absolute Gasteiger partial charge is 0.378 e. The number of carbonyl (C=O) groups is 1. The van der Waals surface area contributed by atoms with Crippen molar-refractivity contribution in [2.75, 3.05) is 19.7 Å². The van der Waals surface area contributed by atoms with Crippen LogP contribution in [0.4, 0.5) is 0 Å². The van der Waals surface area contributed by atoms with Gasteiger partial charge in [0.2, 0.25) is 5.91 Å². The van der Waals surface area contributed by atoms with E-state index in [9.17, 15) is 4.79 Å². The van der Waals surface area contributed by atoms with Crippen LogP contribution in [0, 0.1) is 5.92 Å². The molecule has 1 amide bonds. The normalized spacial score (nSPS) is 28.1. The highest BCUT2D eigenvalue weighted by Crippen LogP contribution is 2.34. The van der Waals surface area contributed by atoms with Crippen molar-refractivity contribution in [3.63, 3.8) is 0 Å². The van der Waals surface area contributed by atoms with E-state index in [0.717, 1.165) is 31.8 Å². The summed E-state index contributed by atoms with van der Waals surface area (Å²) in [5.41, 5.74) is 0. The van der Waals surface area contributed by atoms with E-state index in [2.05, 4.69) is 17.6 Å². The van der Waals surface area contributed by atoms with E-state index in [-0.39, 0.29) is 5.91 Å². The van der Waals surface area contributed by atoms with E-state index in [4.69, 9.17) is 4.74 Å². The molecule has 0 aromatic rings. The molecular weight excluding hydrogens is 228 g/mol. The Morgan fingerprint density at radius 1 is 1.39 bits per heavy atom. The van der Waals surface area contributed by atoms with Crippen molar-refractivity contribution in [3.05, 3.63) is 0 Å². The lowest BCUT2D eigenvalue weighted by Gasteiger charge is -2.22. The predicted molar refractivity (Wildman–Crippen MR) is 71.4 cm³/mol. The number of ether oxygens (including phenoxy) is 1. The highest BCUT2D eigenvalue weighted by molar-refractivity contribution is 5.76. The van der Waals surface area contributed by atoms with Crippen LogP contribution in [0.1, 0.15) is 45.4 Å². The van der Waals surface area contributed by atoms with Gasteiger partial charge in [0.05, 0.1) is 12.7 Å². The van der Waals surface area contributed by atoms with E-state index in [1.165, 1.54) is 19.3 Å². The van der Waals surface area contributed by atoms with Crippen LogP contribution < -0.4 is 10.6 Å². The molecule has 2 unspecified atom stereocenters. The summed E-state index contributed by atoms with van der Waals surface area (Å²) < 4.78 is 5.73. The molecule has 104 valence electrons. The van der Waals surface area contributed by atoms with Gasteiger partial charge < -0.3 is 15.4 Å². The van der Waals surface area contributed by atoms with Crippen LogP contribution in [0.5, 0.6) is 0 Å². The van der Waals surface area contributed by atoms with Crippen LogP contribution in [0.3, 0.4) is 0 Å². The van der Waals surface area contributed by atoms with Gasteiger partial charge in [-0.3, -0.25) is 4.79 Å². The average molecular weight is 254 g/mol. The molecule has 18 heavy (non-hydrogen) atoms. The van der Waals surface area contributed by atoms with Gasteiger partial charge in [0.1, 0.15) is 0 Å². The Morgan fingerprint density at radius 3 is 2.89 bits per heavy atom. The Kier molecular flexibility index (Phi) is 5.45. The summed E-state index contributed by atoms with van der Waals surface area (Å²) in [7, 11) is 0.